The summed E-state index contributed by atoms with van der Waals surface area (Å²) in [6.07, 6.45) is 2.60. The van der Waals surface area contributed by atoms with Gasteiger partial charge < -0.3 is 9.47 Å². The van der Waals surface area contributed by atoms with Gasteiger partial charge in [0.2, 0.25) is 0 Å². The van der Waals surface area contributed by atoms with Crippen molar-refractivity contribution in [3.8, 4) is 11.5 Å². The Labute approximate surface area is 81.9 Å². The predicted molar refractivity (Wildman–Crippen MR) is 52.5 cm³/mol. The molecule has 0 spiro atoms. The van der Waals surface area contributed by atoms with Gasteiger partial charge in [0, 0.05) is 5.57 Å². The smallest absolute Gasteiger partial charge is 0.149 e. The van der Waals surface area contributed by atoms with E-state index in [1.807, 2.05) is 18.2 Å². The van der Waals surface area contributed by atoms with Crippen molar-refractivity contribution in [2.24, 2.45) is 0 Å². The lowest BCUT2D eigenvalue weighted by molar-refractivity contribution is -0.105. The minimum atomic E-state index is 0.337. The number of carbonyl (C=O) groups is 1. The summed E-state index contributed by atoms with van der Waals surface area (Å²) in [5.74, 6) is 1.48. The fraction of sp³-hybridized carbons (Fsp3) is 0.182. The average molecular weight is 190 g/mol. The molecule has 1 heterocycles. The Morgan fingerprint density at radius 1 is 1.50 bits per heavy atom. The first-order chi connectivity index (χ1) is 6.85. The average Bonchev–Trinajstić information content (AvgIpc) is 2.27. The fourth-order valence-corrected chi connectivity index (χ4v) is 1.43. The largest absolute Gasteiger partial charge is 0.496 e. The van der Waals surface area contributed by atoms with Gasteiger partial charge in [-0.15, -0.1) is 0 Å². The zero-order chi connectivity index (χ0) is 9.97. The van der Waals surface area contributed by atoms with Crippen molar-refractivity contribution in [2.75, 3.05) is 13.7 Å². The molecule has 1 aliphatic rings. The second kappa shape index (κ2) is 3.54. The maximum atomic E-state index is 10.6. The van der Waals surface area contributed by atoms with Crippen LogP contribution in [0.3, 0.4) is 0 Å². The zero-order valence-corrected chi connectivity index (χ0v) is 7.82. The van der Waals surface area contributed by atoms with Gasteiger partial charge in [-0.1, -0.05) is 6.07 Å². The Bertz CT molecular complexity index is 394. The molecule has 3 heteroatoms. The third kappa shape index (κ3) is 1.37. The molecule has 3 nitrogen and oxygen atoms in total. The van der Waals surface area contributed by atoms with Crippen LogP contribution in [0.15, 0.2) is 23.8 Å². The van der Waals surface area contributed by atoms with Crippen molar-refractivity contribution >= 4 is 12.4 Å². The fourth-order valence-electron chi connectivity index (χ4n) is 1.43. The highest BCUT2D eigenvalue weighted by Gasteiger charge is 2.14. The Kier molecular flexibility index (Phi) is 2.23. The summed E-state index contributed by atoms with van der Waals surface area (Å²) >= 11 is 0. The van der Waals surface area contributed by atoms with E-state index in [4.69, 9.17) is 9.47 Å². The molecule has 1 aromatic rings. The van der Waals surface area contributed by atoms with Crippen LogP contribution in [0.5, 0.6) is 11.5 Å². The van der Waals surface area contributed by atoms with E-state index >= 15 is 0 Å². The maximum Gasteiger partial charge on any atom is 0.149 e. The van der Waals surface area contributed by atoms with Crippen LogP contribution in [0.25, 0.3) is 6.08 Å². The number of hydrogen-bond acceptors (Lipinski definition) is 3. The van der Waals surface area contributed by atoms with Gasteiger partial charge in [0.15, 0.2) is 0 Å². The second-order valence-corrected chi connectivity index (χ2v) is 3.00. The number of carbonyl (C=O) groups excluding carboxylic acids is 1. The van der Waals surface area contributed by atoms with Crippen molar-refractivity contribution in [1.82, 2.24) is 0 Å². The Balaban J connectivity index is 2.53. The van der Waals surface area contributed by atoms with E-state index in [1.54, 1.807) is 13.2 Å². The van der Waals surface area contributed by atoms with Gasteiger partial charge in [0.25, 0.3) is 0 Å². The van der Waals surface area contributed by atoms with Gasteiger partial charge in [0.05, 0.1) is 12.7 Å². The van der Waals surface area contributed by atoms with Crippen LogP contribution >= 0.6 is 0 Å². The third-order valence-corrected chi connectivity index (χ3v) is 2.12. The molecular weight excluding hydrogens is 180 g/mol. The molecular formula is C11H10O3. The van der Waals surface area contributed by atoms with E-state index in [9.17, 15) is 4.79 Å². The van der Waals surface area contributed by atoms with Gasteiger partial charge >= 0.3 is 0 Å². The van der Waals surface area contributed by atoms with Crippen molar-refractivity contribution in [1.29, 1.82) is 0 Å². The highest BCUT2D eigenvalue weighted by atomic mass is 16.5. The maximum absolute atomic E-state index is 10.6. The molecule has 14 heavy (non-hydrogen) atoms. The first kappa shape index (κ1) is 8.81. The molecule has 0 saturated carbocycles. The van der Waals surface area contributed by atoms with Gasteiger partial charge in [-0.05, 0) is 18.2 Å². The molecule has 0 atom stereocenters. The minimum Gasteiger partial charge on any atom is -0.496 e. The molecule has 0 aromatic heterocycles. The number of fused-ring (bicyclic) bond motifs is 1. The number of ether oxygens (including phenoxy) is 2. The number of aldehydes is 1. The molecule has 0 amide bonds. The highest BCUT2D eigenvalue weighted by Crippen LogP contribution is 2.33. The SMILES string of the molecule is COc1cccc2c1C=C(C=O)CO2. The van der Waals surface area contributed by atoms with Gasteiger partial charge in [-0.25, -0.2) is 0 Å². The van der Waals surface area contributed by atoms with Crippen molar-refractivity contribution in [3.05, 3.63) is 29.3 Å². The normalized spacial score (nSPS) is 13.6. The van der Waals surface area contributed by atoms with Gasteiger partial charge in [-0.2, -0.15) is 0 Å². The van der Waals surface area contributed by atoms with Crippen LogP contribution < -0.4 is 9.47 Å². The second-order valence-electron chi connectivity index (χ2n) is 3.00. The van der Waals surface area contributed by atoms with Crippen LogP contribution in [0.2, 0.25) is 0 Å². The molecule has 0 bridgehead atoms. The number of methoxy groups -OCH3 is 1. The lowest BCUT2D eigenvalue weighted by Gasteiger charge is -2.16. The summed E-state index contributed by atoms with van der Waals surface area (Å²) in [4.78, 5) is 10.6. The summed E-state index contributed by atoms with van der Waals surface area (Å²) in [6, 6.07) is 5.56. The van der Waals surface area contributed by atoms with Crippen molar-refractivity contribution < 1.29 is 14.3 Å². The number of benzene rings is 1. The van der Waals surface area contributed by atoms with Crippen LogP contribution in [-0.2, 0) is 4.79 Å². The van der Waals surface area contributed by atoms with E-state index in [0.717, 1.165) is 23.3 Å². The molecule has 0 unspecified atom stereocenters. The molecule has 1 aromatic carbocycles. The van der Waals surface area contributed by atoms with Crippen molar-refractivity contribution in [2.45, 2.75) is 0 Å². The van der Waals surface area contributed by atoms with E-state index in [2.05, 4.69) is 0 Å². The van der Waals surface area contributed by atoms with Crippen LogP contribution in [-0.4, -0.2) is 20.0 Å². The summed E-state index contributed by atoms with van der Waals surface area (Å²) in [5.41, 5.74) is 1.46. The van der Waals surface area contributed by atoms with Crippen LogP contribution in [0, 0.1) is 0 Å². The molecule has 2 rings (SSSR count). The molecule has 0 saturated heterocycles. The summed E-state index contributed by atoms with van der Waals surface area (Å²) in [5, 5.41) is 0. The highest BCUT2D eigenvalue weighted by molar-refractivity contribution is 5.85. The number of rotatable bonds is 2. The Morgan fingerprint density at radius 2 is 2.36 bits per heavy atom. The molecule has 72 valence electrons. The zero-order valence-electron chi connectivity index (χ0n) is 7.82. The lowest BCUT2D eigenvalue weighted by Crippen LogP contribution is -2.08. The monoisotopic (exact) mass is 190 g/mol. The quantitative estimate of drug-likeness (QED) is 0.665. The lowest BCUT2D eigenvalue weighted by atomic mass is 10.1. The van der Waals surface area contributed by atoms with Gasteiger partial charge in [-0.3, -0.25) is 4.79 Å². The van der Waals surface area contributed by atoms with Crippen molar-refractivity contribution in [3.63, 3.8) is 0 Å². The first-order valence-corrected chi connectivity index (χ1v) is 4.30. The Hall–Kier alpha value is -1.77. The molecule has 0 radical (unpaired) electrons. The van der Waals surface area contributed by atoms with E-state index in [1.165, 1.54) is 0 Å². The molecule has 1 aliphatic heterocycles. The first-order valence-electron chi connectivity index (χ1n) is 4.30. The minimum absolute atomic E-state index is 0.337. The Morgan fingerprint density at radius 3 is 3.07 bits per heavy atom. The summed E-state index contributed by atoms with van der Waals surface area (Å²) in [6.45, 7) is 0.337. The molecule has 0 aliphatic carbocycles. The summed E-state index contributed by atoms with van der Waals surface area (Å²) in [7, 11) is 1.60. The third-order valence-electron chi connectivity index (χ3n) is 2.12. The summed E-state index contributed by atoms with van der Waals surface area (Å²) < 4.78 is 10.6. The predicted octanol–water partition coefficient (Wildman–Crippen LogP) is 1.67. The van der Waals surface area contributed by atoms with E-state index in [0.29, 0.717) is 12.2 Å². The van der Waals surface area contributed by atoms with E-state index < -0.39 is 0 Å². The number of hydrogen-bond donors (Lipinski definition) is 0. The van der Waals surface area contributed by atoms with Gasteiger partial charge in [0.1, 0.15) is 24.4 Å². The topological polar surface area (TPSA) is 35.5 Å². The van der Waals surface area contributed by atoms with Crippen LogP contribution in [0.4, 0.5) is 0 Å². The standard InChI is InChI=1S/C11H10O3/c1-13-10-3-2-4-11-9(10)5-8(6-12)7-14-11/h2-6H,7H2,1H3. The molecule has 0 fully saturated rings. The van der Waals surface area contributed by atoms with E-state index in [-0.39, 0.29) is 0 Å². The van der Waals surface area contributed by atoms with Crippen LogP contribution in [0.1, 0.15) is 5.56 Å². The molecule has 0 N–H and O–H groups in total.